The summed E-state index contributed by atoms with van der Waals surface area (Å²) in [5.74, 6) is 0.0116. The Morgan fingerprint density at radius 1 is 1.33 bits per heavy atom. The molecule has 1 amide bonds. The van der Waals surface area contributed by atoms with Crippen LogP contribution in [0.25, 0.3) is 6.08 Å². The fourth-order valence-corrected chi connectivity index (χ4v) is 3.03. The van der Waals surface area contributed by atoms with Gasteiger partial charge < -0.3 is 9.80 Å². The Kier molecular flexibility index (Phi) is 5.68. The molecule has 0 N–H and O–H groups in total. The highest BCUT2D eigenvalue weighted by molar-refractivity contribution is 6.37. The molecule has 3 nitrogen and oxygen atoms in total. The van der Waals surface area contributed by atoms with Crippen molar-refractivity contribution in [3.8, 4) is 0 Å². The molecule has 0 aromatic heterocycles. The molecular formula is C16H20Cl2N2O. The molecule has 1 saturated heterocycles. The van der Waals surface area contributed by atoms with E-state index in [2.05, 4.69) is 19.0 Å². The van der Waals surface area contributed by atoms with Crippen molar-refractivity contribution in [2.45, 2.75) is 18.9 Å². The Morgan fingerprint density at radius 2 is 2.00 bits per heavy atom. The zero-order valence-electron chi connectivity index (χ0n) is 12.4. The number of carbonyl (C=O) groups is 1. The van der Waals surface area contributed by atoms with Gasteiger partial charge in [-0.15, -0.1) is 0 Å². The number of piperidine rings is 1. The summed E-state index contributed by atoms with van der Waals surface area (Å²) in [5.41, 5.74) is 0.690. The van der Waals surface area contributed by atoms with E-state index in [9.17, 15) is 4.79 Å². The van der Waals surface area contributed by atoms with E-state index in [0.717, 1.165) is 25.9 Å². The van der Waals surface area contributed by atoms with Crippen LogP contribution in [0.5, 0.6) is 0 Å². The number of benzene rings is 1. The lowest BCUT2D eigenvalue weighted by molar-refractivity contribution is -0.127. The third-order valence-electron chi connectivity index (χ3n) is 3.83. The van der Waals surface area contributed by atoms with E-state index in [4.69, 9.17) is 23.2 Å². The molecule has 5 heteroatoms. The molecule has 1 heterocycles. The lowest BCUT2D eigenvalue weighted by Crippen LogP contribution is -2.47. The predicted molar refractivity (Wildman–Crippen MR) is 88.8 cm³/mol. The number of likely N-dealkylation sites (N-methyl/N-ethyl adjacent to an activating group) is 1. The first-order chi connectivity index (χ1) is 9.99. The van der Waals surface area contributed by atoms with Crippen molar-refractivity contribution in [3.63, 3.8) is 0 Å². The average molecular weight is 327 g/mol. The van der Waals surface area contributed by atoms with E-state index in [-0.39, 0.29) is 5.91 Å². The molecule has 1 aromatic rings. The van der Waals surface area contributed by atoms with E-state index in [0.29, 0.717) is 21.7 Å². The van der Waals surface area contributed by atoms with Gasteiger partial charge in [-0.2, -0.15) is 0 Å². The molecule has 0 radical (unpaired) electrons. The van der Waals surface area contributed by atoms with Crippen molar-refractivity contribution in [2.24, 2.45) is 0 Å². The van der Waals surface area contributed by atoms with Crippen LogP contribution >= 0.6 is 23.2 Å². The molecule has 0 bridgehead atoms. The van der Waals surface area contributed by atoms with E-state index in [1.807, 2.05) is 4.90 Å². The van der Waals surface area contributed by atoms with E-state index in [1.165, 1.54) is 0 Å². The van der Waals surface area contributed by atoms with Crippen LogP contribution in [-0.4, -0.2) is 48.9 Å². The summed E-state index contributed by atoms with van der Waals surface area (Å²) in [6, 6.07) is 5.75. The van der Waals surface area contributed by atoms with Crippen LogP contribution in [0.1, 0.15) is 18.4 Å². The Hall–Kier alpha value is -1.03. The summed E-state index contributed by atoms with van der Waals surface area (Å²) in [7, 11) is 4.11. The number of hydrogen-bond donors (Lipinski definition) is 0. The Labute approximate surface area is 136 Å². The number of rotatable bonds is 3. The number of carbonyl (C=O) groups excluding carboxylic acids is 1. The molecule has 1 aromatic carbocycles. The highest BCUT2D eigenvalue weighted by atomic mass is 35.5. The van der Waals surface area contributed by atoms with Gasteiger partial charge in [0.2, 0.25) is 5.91 Å². The number of nitrogens with zero attached hydrogens (tertiary/aromatic N) is 2. The smallest absolute Gasteiger partial charge is 0.246 e. The van der Waals surface area contributed by atoms with Crippen LogP contribution in [0.15, 0.2) is 24.3 Å². The maximum atomic E-state index is 12.3. The number of hydrogen-bond acceptors (Lipinski definition) is 2. The van der Waals surface area contributed by atoms with Gasteiger partial charge in [0.05, 0.1) is 0 Å². The van der Waals surface area contributed by atoms with E-state index in [1.54, 1.807) is 30.4 Å². The maximum absolute atomic E-state index is 12.3. The zero-order valence-corrected chi connectivity index (χ0v) is 13.9. The van der Waals surface area contributed by atoms with E-state index < -0.39 is 0 Å². The maximum Gasteiger partial charge on any atom is 0.246 e. The standard InChI is InChI=1S/C16H20Cl2N2O/c1-19(2)12-5-4-10-20(11-12)16(21)9-8-13-14(17)6-3-7-15(13)18/h3,6-9,12H,4-5,10-11H2,1-2H3/b9-8+. The lowest BCUT2D eigenvalue weighted by Gasteiger charge is -2.35. The van der Waals surface area contributed by atoms with Gasteiger partial charge in [-0.1, -0.05) is 29.3 Å². The third kappa shape index (κ3) is 4.22. The molecule has 0 saturated carbocycles. The molecule has 21 heavy (non-hydrogen) atoms. The van der Waals surface area contributed by atoms with E-state index >= 15 is 0 Å². The first-order valence-corrected chi connectivity index (χ1v) is 7.82. The van der Waals surface area contributed by atoms with Gasteiger partial charge in [0.1, 0.15) is 0 Å². The van der Waals surface area contributed by atoms with Gasteiger partial charge in [-0.25, -0.2) is 0 Å². The largest absolute Gasteiger partial charge is 0.338 e. The highest BCUT2D eigenvalue weighted by Crippen LogP contribution is 2.25. The van der Waals surface area contributed by atoms with Gasteiger partial charge >= 0.3 is 0 Å². The molecule has 1 fully saturated rings. The molecule has 1 aliphatic rings. The summed E-state index contributed by atoms with van der Waals surface area (Å²) in [5, 5.41) is 1.10. The van der Waals surface area contributed by atoms with Crippen LogP contribution in [0.2, 0.25) is 10.0 Å². The van der Waals surface area contributed by atoms with Crippen molar-refractivity contribution in [3.05, 3.63) is 39.9 Å². The summed E-state index contributed by atoms with van der Waals surface area (Å²) in [6.45, 7) is 1.58. The predicted octanol–water partition coefficient (Wildman–Crippen LogP) is 3.56. The Bertz CT molecular complexity index is 523. The fraction of sp³-hybridized carbons (Fsp3) is 0.438. The normalized spacial score (nSPS) is 19.5. The van der Waals surface area contributed by atoms with Crippen molar-refractivity contribution < 1.29 is 4.79 Å². The number of amides is 1. The SMILES string of the molecule is CN(C)C1CCCN(C(=O)/C=C/c2c(Cl)cccc2Cl)C1. The second-order valence-corrected chi connectivity index (χ2v) is 6.33. The molecule has 0 spiro atoms. The zero-order chi connectivity index (χ0) is 15.4. The number of likely N-dealkylation sites (tertiary alicyclic amines) is 1. The third-order valence-corrected chi connectivity index (χ3v) is 4.49. The van der Waals surface area contributed by atoms with Gasteiger partial charge in [-0.3, -0.25) is 4.79 Å². The number of halogens is 2. The second kappa shape index (κ2) is 7.30. The second-order valence-electron chi connectivity index (χ2n) is 5.51. The fourth-order valence-electron chi connectivity index (χ4n) is 2.51. The van der Waals surface area contributed by atoms with Crippen LogP contribution in [0.4, 0.5) is 0 Å². The van der Waals surface area contributed by atoms with Gasteiger partial charge in [0.15, 0.2) is 0 Å². The topological polar surface area (TPSA) is 23.6 Å². The van der Waals surface area contributed by atoms with Crippen molar-refractivity contribution in [1.29, 1.82) is 0 Å². The van der Waals surface area contributed by atoms with Crippen molar-refractivity contribution >= 4 is 35.2 Å². The van der Waals surface area contributed by atoms with Crippen LogP contribution < -0.4 is 0 Å². The summed E-state index contributed by atoms with van der Waals surface area (Å²) in [4.78, 5) is 16.4. The molecule has 0 aliphatic carbocycles. The molecular weight excluding hydrogens is 307 g/mol. The summed E-state index contributed by atoms with van der Waals surface area (Å²) in [6.07, 6.45) is 5.43. The molecule has 1 unspecified atom stereocenters. The first kappa shape index (κ1) is 16.3. The minimum Gasteiger partial charge on any atom is -0.338 e. The average Bonchev–Trinajstić information content (AvgIpc) is 2.46. The van der Waals surface area contributed by atoms with Crippen LogP contribution in [0.3, 0.4) is 0 Å². The lowest BCUT2D eigenvalue weighted by atomic mass is 10.0. The molecule has 1 aliphatic heterocycles. The molecule has 114 valence electrons. The Morgan fingerprint density at radius 3 is 2.62 bits per heavy atom. The van der Waals surface area contributed by atoms with Gasteiger partial charge in [0.25, 0.3) is 0 Å². The first-order valence-electron chi connectivity index (χ1n) is 7.06. The van der Waals surface area contributed by atoms with Crippen LogP contribution in [0, 0.1) is 0 Å². The minimum atomic E-state index is 0.0116. The van der Waals surface area contributed by atoms with Crippen molar-refractivity contribution in [2.75, 3.05) is 27.2 Å². The van der Waals surface area contributed by atoms with Gasteiger partial charge in [0, 0.05) is 40.8 Å². The van der Waals surface area contributed by atoms with Crippen molar-refractivity contribution in [1.82, 2.24) is 9.80 Å². The van der Waals surface area contributed by atoms with Gasteiger partial charge in [-0.05, 0) is 45.1 Å². The molecule has 1 atom stereocenters. The quantitative estimate of drug-likeness (QED) is 0.793. The minimum absolute atomic E-state index is 0.0116. The summed E-state index contributed by atoms with van der Waals surface area (Å²) < 4.78 is 0. The molecule has 2 rings (SSSR count). The monoisotopic (exact) mass is 326 g/mol. The highest BCUT2D eigenvalue weighted by Gasteiger charge is 2.23. The Balaban J connectivity index is 2.05. The van der Waals surface area contributed by atoms with Crippen LogP contribution in [-0.2, 0) is 4.79 Å². The summed E-state index contributed by atoms with van der Waals surface area (Å²) >= 11 is 12.2.